The molecular weight excluding hydrogens is 230 g/mol. The number of ether oxygens (including phenoxy) is 1. The molecule has 1 aromatic heterocycles. The molecule has 0 aliphatic carbocycles. The molecule has 1 aromatic rings. The lowest BCUT2D eigenvalue weighted by molar-refractivity contribution is -0.135. The monoisotopic (exact) mass is 247 g/mol. The Bertz CT molecular complexity index is 472. The SMILES string of the molecule is CCC1=NC(CC)C(C(N)=O)(c2ccncc2)O1. The van der Waals surface area contributed by atoms with Crippen molar-refractivity contribution in [3.8, 4) is 0 Å². The highest BCUT2D eigenvalue weighted by Gasteiger charge is 2.52. The lowest BCUT2D eigenvalue weighted by Crippen LogP contribution is -2.49. The topological polar surface area (TPSA) is 77.6 Å². The van der Waals surface area contributed by atoms with E-state index in [9.17, 15) is 4.79 Å². The molecule has 2 heterocycles. The van der Waals surface area contributed by atoms with Gasteiger partial charge in [-0.05, 0) is 18.6 Å². The molecule has 0 saturated heterocycles. The summed E-state index contributed by atoms with van der Waals surface area (Å²) in [4.78, 5) is 20.4. The number of pyridine rings is 1. The fourth-order valence-electron chi connectivity index (χ4n) is 2.29. The van der Waals surface area contributed by atoms with Crippen molar-refractivity contribution in [2.75, 3.05) is 0 Å². The molecule has 5 heteroatoms. The van der Waals surface area contributed by atoms with E-state index in [4.69, 9.17) is 10.5 Å². The van der Waals surface area contributed by atoms with Crippen LogP contribution < -0.4 is 5.73 Å². The summed E-state index contributed by atoms with van der Waals surface area (Å²) in [5.74, 6) is 0.0743. The quantitative estimate of drug-likeness (QED) is 0.873. The minimum atomic E-state index is -1.18. The summed E-state index contributed by atoms with van der Waals surface area (Å²) in [6.45, 7) is 3.91. The van der Waals surface area contributed by atoms with Gasteiger partial charge in [0.2, 0.25) is 5.60 Å². The molecule has 0 fully saturated rings. The van der Waals surface area contributed by atoms with Crippen LogP contribution >= 0.6 is 0 Å². The highest BCUT2D eigenvalue weighted by Crippen LogP contribution is 2.38. The van der Waals surface area contributed by atoms with Crippen LogP contribution in [-0.2, 0) is 15.1 Å². The summed E-state index contributed by atoms with van der Waals surface area (Å²) < 4.78 is 5.80. The van der Waals surface area contributed by atoms with E-state index in [0.29, 0.717) is 24.3 Å². The number of hydrogen-bond donors (Lipinski definition) is 1. The first-order chi connectivity index (χ1) is 8.65. The molecule has 2 atom stereocenters. The van der Waals surface area contributed by atoms with E-state index in [1.165, 1.54) is 0 Å². The summed E-state index contributed by atoms with van der Waals surface area (Å²) in [5, 5.41) is 0. The first kappa shape index (κ1) is 12.5. The molecule has 1 amide bonds. The van der Waals surface area contributed by atoms with Crippen LogP contribution in [0.2, 0.25) is 0 Å². The molecule has 0 bridgehead atoms. The zero-order chi connectivity index (χ0) is 13.2. The number of carbonyl (C=O) groups excluding carboxylic acids is 1. The number of primary amides is 1. The lowest BCUT2D eigenvalue weighted by Gasteiger charge is -2.30. The first-order valence-corrected chi connectivity index (χ1v) is 6.11. The molecule has 1 aliphatic heterocycles. The minimum Gasteiger partial charge on any atom is -0.457 e. The minimum absolute atomic E-state index is 0.271. The van der Waals surface area contributed by atoms with Crippen molar-refractivity contribution in [2.45, 2.75) is 38.3 Å². The molecule has 0 radical (unpaired) electrons. The molecule has 5 nitrogen and oxygen atoms in total. The third-order valence-electron chi connectivity index (χ3n) is 3.21. The normalized spacial score (nSPS) is 26.6. The summed E-state index contributed by atoms with van der Waals surface area (Å²) in [5.41, 5.74) is 5.12. The maximum Gasteiger partial charge on any atom is 0.268 e. The Balaban J connectivity index is 2.50. The second-order valence-electron chi connectivity index (χ2n) is 4.24. The van der Waals surface area contributed by atoms with Crippen molar-refractivity contribution >= 4 is 11.8 Å². The van der Waals surface area contributed by atoms with Gasteiger partial charge in [0.05, 0.1) is 0 Å². The van der Waals surface area contributed by atoms with Gasteiger partial charge in [0.15, 0.2) is 5.90 Å². The second kappa shape index (κ2) is 4.76. The van der Waals surface area contributed by atoms with Gasteiger partial charge in [-0.1, -0.05) is 13.8 Å². The first-order valence-electron chi connectivity index (χ1n) is 6.11. The Kier molecular flexibility index (Phi) is 3.32. The standard InChI is InChI=1S/C13H17N3O2/c1-3-10-13(12(14)17,18-11(4-2)16-10)9-5-7-15-8-6-9/h5-8,10H,3-4H2,1-2H3,(H2,14,17). The molecule has 0 spiro atoms. The van der Waals surface area contributed by atoms with Crippen LogP contribution in [0, 0.1) is 0 Å². The average Bonchev–Trinajstić information content (AvgIpc) is 2.79. The van der Waals surface area contributed by atoms with Crippen LogP contribution in [-0.4, -0.2) is 22.8 Å². The van der Waals surface area contributed by atoms with E-state index >= 15 is 0 Å². The van der Waals surface area contributed by atoms with Crippen LogP contribution in [0.5, 0.6) is 0 Å². The maximum atomic E-state index is 12.0. The molecule has 2 N–H and O–H groups in total. The third-order valence-corrected chi connectivity index (χ3v) is 3.21. The number of aliphatic imine (C=N–C) groups is 1. The number of nitrogens with zero attached hydrogens (tertiary/aromatic N) is 2. The van der Waals surface area contributed by atoms with Crippen molar-refractivity contribution in [3.63, 3.8) is 0 Å². The van der Waals surface area contributed by atoms with Gasteiger partial charge >= 0.3 is 0 Å². The number of rotatable bonds is 4. The van der Waals surface area contributed by atoms with E-state index in [1.54, 1.807) is 24.5 Å². The molecule has 0 aromatic carbocycles. The molecular formula is C13H17N3O2. The van der Waals surface area contributed by atoms with Crippen molar-refractivity contribution in [2.24, 2.45) is 10.7 Å². The zero-order valence-corrected chi connectivity index (χ0v) is 10.6. The fourth-order valence-corrected chi connectivity index (χ4v) is 2.29. The third kappa shape index (κ3) is 1.75. The highest BCUT2D eigenvalue weighted by molar-refractivity contribution is 5.92. The fraction of sp³-hybridized carbons (Fsp3) is 0.462. The number of aromatic nitrogens is 1. The molecule has 2 rings (SSSR count). The van der Waals surface area contributed by atoms with Crippen molar-refractivity contribution in [1.29, 1.82) is 0 Å². The van der Waals surface area contributed by atoms with Gasteiger partial charge in [0, 0.05) is 24.4 Å². The van der Waals surface area contributed by atoms with E-state index in [2.05, 4.69) is 9.98 Å². The van der Waals surface area contributed by atoms with E-state index in [-0.39, 0.29) is 6.04 Å². The average molecular weight is 247 g/mol. The number of nitrogens with two attached hydrogens (primary N) is 1. The Morgan fingerprint density at radius 1 is 1.44 bits per heavy atom. The smallest absolute Gasteiger partial charge is 0.268 e. The number of carbonyl (C=O) groups is 1. The van der Waals surface area contributed by atoms with E-state index < -0.39 is 11.5 Å². The molecule has 96 valence electrons. The van der Waals surface area contributed by atoms with Gasteiger partial charge in [-0.2, -0.15) is 0 Å². The predicted octanol–water partition coefficient (Wildman–Crippen LogP) is 1.38. The Morgan fingerprint density at radius 2 is 2.11 bits per heavy atom. The van der Waals surface area contributed by atoms with Gasteiger partial charge in [0.1, 0.15) is 6.04 Å². The van der Waals surface area contributed by atoms with Crippen molar-refractivity contribution in [3.05, 3.63) is 30.1 Å². The summed E-state index contributed by atoms with van der Waals surface area (Å²) >= 11 is 0. The van der Waals surface area contributed by atoms with Crippen LogP contribution in [0.4, 0.5) is 0 Å². The van der Waals surface area contributed by atoms with Gasteiger partial charge in [-0.3, -0.25) is 9.78 Å². The van der Waals surface area contributed by atoms with Gasteiger partial charge < -0.3 is 10.5 Å². The summed E-state index contributed by atoms with van der Waals surface area (Å²) in [6.07, 6.45) is 4.59. The van der Waals surface area contributed by atoms with Gasteiger partial charge in [-0.25, -0.2) is 4.99 Å². The van der Waals surface area contributed by atoms with E-state index in [1.807, 2.05) is 13.8 Å². The van der Waals surface area contributed by atoms with Crippen LogP contribution in [0.1, 0.15) is 32.3 Å². The molecule has 2 unspecified atom stereocenters. The van der Waals surface area contributed by atoms with Gasteiger partial charge in [-0.15, -0.1) is 0 Å². The molecule has 18 heavy (non-hydrogen) atoms. The number of amides is 1. The van der Waals surface area contributed by atoms with Gasteiger partial charge in [0.25, 0.3) is 5.91 Å². The Hall–Kier alpha value is -1.91. The zero-order valence-electron chi connectivity index (χ0n) is 10.6. The molecule has 0 saturated carbocycles. The highest BCUT2D eigenvalue weighted by atomic mass is 16.5. The van der Waals surface area contributed by atoms with Crippen molar-refractivity contribution in [1.82, 2.24) is 4.98 Å². The lowest BCUT2D eigenvalue weighted by atomic mass is 9.85. The van der Waals surface area contributed by atoms with E-state index in [0.717, 1.165) is 0 Å². The van der Waals surface area contributed by atoms with Crippen molar-refractivity contribution < 1.29 is 9.53 Å². The van der Waals surface area contributed by atoms with Crippen LogP contribution in [0.15, 0.2) is 29.5 Å². The van der Waals surface area contributed by atoms with Crippen LogP contribution in [0.3, 0.4) is 0 Å². The maximum absolute atomic E-state index is 12.0. The molecule has 1 aliphatic rings. The van der Waals surface area contributed by atoms with Crippen LogP contribution in [0.25, 0.3) is 0 Å². The predicted molar refractivity (Wildman–Crippen MR) is 68.0 cm³/mol. The second-order valence-corrected chi connectivity index (χ2v) is 4.24. The summed E-state index contributed by atoms with van der Waals surface area (Å²) in [7, 11) is 0. The number of hydrogen-bond acceptors (Lipinski definition) is 4. The summed E-state index contributed by atoms with van der Waals surface area (Å²) in [6, 6.07) is 3.23. The Morgan fingerprint density at radius 3 is 2.61 bits per heavy atom. The Labute approximate surface area is 106 Å². The largest absolute Gasteiger partial charge is 0.457 e.